The van der Waals surface area contributed by atoms with Crippen molar-refractivity contribution in [2.24, 2.45) is 5.92 Å². The quantitative estimate of drug-likeness (QED) is 0.721. The summed E-state index contributed by atoms with van der Waals surface area (Å²) in [6, 6.07) is 23.2. The van der Waals surface area contributed by atoms with E-state index < -0.39 is 0 Å². The van der Waals surface area contributed by atoms with Crippen LogP contribution in [-0.2, 0) is 4.79 Å². The van der Waals surface area contributed by atoms with Gasteiger partial charge in [0, 0.05) is 12.7 Å². The van der Waals surface area contributed by atoms with Crippen LogP contribution in [0.1, 0.15) is 29.2 Å². The van der Waals surface area contributed by atoms with E-state index in [4.69, 9.17) is 0 Å². The maximum Gasteiger partial charge on any atom is 0.228 e. The highest BCUT2D eigenvalue weighted by Gasteiger charge is 2.33. The molecule has 1 saturated heterocycles. The van der Waals surface area contributed by atoms with E-state index in [9.17, 15) is 4.79 Å². The summed E-state index contributed by atoms with van der Waals surface area (Å²) in [5.41, 5.74) is 4.33. The van der Waals surface area contributed by atoms with E-state index in [1.807, 2.05) is 25.1 Å². The standard InChI is InChI=1S/C24H25N3O/c1-18-14-22(16-25-15-18)26-24(28)21-12-13-27(17-21)23(19-8-4-2-5-9-19)20-10-6-3-7-11-20/h2-11,14-16,21,23H,12-13,17H2,1H3,(H,26,28). The van der Waals surface area contributed by atoms with Gasteiger partial charge in [0.05, 0.1) is 23.8 Å². The number of aryl methyl sites for hydroxylation is 1. The van der Waals surface area contributed by atoms with E-state index in [0.717, 1.165) is 30.8 Å². The molecule has 3 aromatic rings. The summed E-state index contributed by atoms with van der Waals surface area (Å²) in [5, 5.41) is 3.04. The summed E-state index contributed by atoms with van der Waals surface area (Å²) in [7, 11) is 0. The average Bonchev–Trinajstić information content (AvgIpc) is 3.20. The molecular weight excluding hydrogens is 346 g/mol. The lowest BCUT2D eigenvalue weighted by atomic mass is 9.97. The summed E-state index contributed by atoms with van der Waals surface area (Å²) >= 11 is 0. The van der Waals surface area contributed by atoms with Gasteiger partial charge < -0.3 is 5.32 Å². The van der Waals surface area contributed by atoms with Crippen molar-refractivity contribution in [3.05, 3.63) is 95.8 Å². The van der Waals surface area contributed by atoms with Gasteiger partial charge >= 0.3 is 0 Å². The molecule has 0 aliphatic carbocycles. The Bertz CT molecular complexity index is 887. The number of hydrogen-bond donors (Lipinski definition) is 1. The number of benzene rings is 2. The molecule has 4 heteroatoms. The maximum absolute atomic E-state index is 12.8. The van der Waals surface area contributed by atoms with Crippen LogP contribution in [0.15, 0.2) is 79.1 Å². The Morgan fingerprint density at radius 1 is 1.04 bits per heavy atom. The van der Waals surface area contributed by atoms with Crippen molar-refractivity contribution < 1.29 is 4.79 Å². The summed E-state index contributed by atoms with van der Waals surface area (Å²) in [5.74, 6) is 0.0604. The van der Waals surface area contributed by atoms with Crippen LogP contribution in [0.5, 0.6) is 0 Å². The topological polar surface area (TPSA) is 45.2 Å². The Balaban J connectivity index is 1.51. The minimum absolute atomic E-state index is 0.0181. The number of likely N-dealkylation sites (tertiary alicyclic amines) is 1. The van der Waals surface area contributed by atoms with Gasteiger partial charge in [-0.15, -0.1) is 0 Å². The van der Waals surface area contributed by atoms with Crippen molar-refractivity contribution in [2.45, 2.75) is 19.4 Å². The molecule has 0 radical (unpaired) electrons. The Hall–Kier alpha value is -2.98. The largest absolute Gasteiger partial charge is 0.324 e. The summed E-state index contributed by atoms with van der Waals surface area (Å²) < 4.78 is 0. The van der Waals surface area contributed by atoms with E-state index in [0.29, 0.717) is 0 Å². The van der Waals surface area contributed by atoms with Crippen molar-refractivity contribution in [1.82, 2.24) is 9.88 Å². The van der Waals surface area contributed by atoms with Gasteiger partial charge in [0.25, 0.3) is 0 Å². The highest BCUT2D eigenvalue weighted by molar-refractivity contribution is 5.92. The smallest absolute Gasteiger partial charge is 0.228 e. The lowest BCUT2D eigenvalue weighted by molar-refractivity contribution is -0.119. The van der Waals surface area contributed by atoms with Crippen LogP contribution in [0.4, 0.5) is 5.69 Å². The predicted molar refractivity (Wildman–Crippen MR) is 112 cm³/mol. The van der Waals surface area contributed by atoms with Gasteiger partial charge in [-0.3, -0.25) is 14.7 Å². The van der Waals surface area contributed by atoms with Crippen molar-refractivity contribution in [3.8, 4) is 0 Å². The Morgan fingerprint density at radius 3 is 2.29 bits per heavy atom. The molecule has 1 aliphatic heterocycles. The van der Waals surface area contributed by atoms with Gasteiger partial charge in [-0.25, -0.2) is 0 Å². The molecule has 1 aliphatic rings. The fourth-order valence-electron chi connectivity index (χ4n) is 3.99. The summed E-state index contributed by atoms with van der Waals surface area (Å²) in [4.78, 5) is 19.4. The monoisotopic (exact) mass is 371 g/mol. The normalized spacial score (nSPS) is 17.0. The molecule has 1 N–H and O–H groups in total. The summed E-state index contributed by atoms with van der Waals surface area (Å²) in [6.45, 7) is 3.63. The molecule has 142 valence electrons. The van der Waals surface area contributed by atoms with Gasteiger partial charge in [-0.1, -0.05) is 60.7 Å². The molecule has 28 heavy (non-hydrogen) atoms. The van der Waals surface area contributed by atoms with E-state index in [1.165, 1.54) is 11.1 Å². The first kappa shape index (κ1) is 18.4. The van der Waals surface area contributed by atoms with Gasteiger partial charge in [-0.2, -0.15) is 0 Å². The van der Waals surface area contributed by atoms with E-state index in [2.05, 4.69) is 63.7 Å². The number of amides is 1. The average molecular weight is 371 g/mol. The number of anilines is 1. The van der Waals surface area contributed by atoms with Crippen LogP contribution in [0.3, 0.4) is 0 Å². The first-order valence-corrected chi connectivity index (χ1v) is 9.77. The number of hydrogen-bond acceptors (Lipinski definition) is 3. The molecule has 1 aromatic heterocycles. The number of aromatic nitrogens is 1. The molecule has 1 fully saturated rings. The van der Waals surface area contributed by atoms with Crippen LogP contribution in [0.2, 0.25) is 0 Å². The predicted octanol–water partition coefficient (Wildman–Crippen LogP) is 4.44. The highest BCUT2D eigenvalue weighted by Crippen LogP contribution is 2.33. The molecule has 2 aromatic carbocycles. The molecule has 4 rings (SSSR count). The fourth-order valence-corrected chi connectivity index (χ4v) is 3.99. The van der Waals surface area contributed by atoms with Crippen LogP contribution in [0, 0.1) is 12.8 Å². The third kappa shape index (κ3) is 4.12. The maximum atomic E-state index is 12.8. The number of carbonyl (C=O) groups is 1. The zero-order valence-corrected chi connectivity index (χ0v) is 16.1. The minimum atomic E-state index is -0.0181. The molecule has 0 saturated carbocycles. The molecule has 1 unspecified atom stereocenters. The highest BCUT2D eigenvalue weighted by atomic mass is 16.1. The second-order valence-electron chi connectivity index (χ2n) is 7.44. The lowest BCUT2D eigenvalue weighted by Gasteiger charge is -2.29. The van der Waals surface area contributed by atoms with Crippen LogP contribution >= 0.6 is 0 Å². The number of nitrogens with zero attached hydrogens (tertiary/aromatic N) is 2. The fraction of sp³-hybridized carbons (Fsp3) is 0.250. The lowest BCUT2D eigenvalue weighted by Crippen LogP contribution is -2.30. The van der Waals surface area contributed by atoms with Crippen molar-refractivity contribution in [3.63, 3.8) is 0 Å². The van der Waals surface area contributed by atoms with Crippen molar-refractivity contribution in [2.75, 3.05) is 18.4 Å². The number of pyridine rings is 1. The van der Waals surface area contributed by atoms with Crippen molar-refractivity contribution >= 4 is 11.6 Å². The van der Waals surface area contributed by atoms with Gasteiger partial charge in [0.1, 0.15) is 0 Å². The Labute approximate surface area is 166 Å². The Kier molecular flexibility index (Phi) is 5.49. The number of carbonyl (C=O) groups excluding carboxylic acids is 1. The van der Waals surface area contributed by atoms with E-state index >= 15 is 0 Å². The second kappa shape index (κ2) is 8.36. The second-order valence-corrected chi connectivity index (χ2v) is 7.44. The van der Waals surface area contributed by atoms with Crippen molar-refractivity contribution in [1.29, 1.82) is 0 Å². The zero-order chi connectivity index (χ0) is 19.3. The van der Waals surface area contributed by atoms with Gasteiger partial charge in [-0.05, 0) is 42.6 Å². The van der Waals surface area contributed by atoms with Crippen LogP contribution < -0.4 is 5.32 Å². The SMILES string of the molecule is Cc1cncc(NC(=O)C2CCN(C(c3ccccc3)c3ccccc3)C2)c1. The molecule has 0 bridgehead atoms. The molecule has 2 heterocycles. The number of rotatable bonds is 5. The van der Waals surface area contributed by atoms with Gasteiger partial charge in [0.15, 0.2) is 0 Å². The molecular formula is C24H25N3O. The van der Waals surface area contributed by atoms with Crippen LogP contribution in [0.25, 0.3) is 0 Å². The Morgan fingerprint density at radius 2 is 1.68 bits per heavy atom. The van der Waals surface area contributed by atoms with Gasteiger partial charge in [0.2, 0.25) is 5.91 Å². The first-order valence-electron chi connectivity index (χ1n) is 9.77. The third-order valence-corrected chi connectivity index (χ3v) is 5.33. The van der Waals surface area contributed by atoms with E-state index in [-0.39, 0.29) is 17.9 Å². The zero-order valence-electron chi connectivity index (χ0n) is 16.1. The summed E-state index contributed by atoms with van der Waals surface area (Å²) in [6.07, 6.45) is 4.35. The van der Waals surface area contributed by atoms with Crippen LogP contribution in [-0.4, -0.2) is 28.9 Å². The molecule has 1 atom stereocenters. The molecule has 0 spiro atoms. The third-order valence-electron chi connectivity index (χ3n) is 5.33. The minimum Gasteiger partial charge on any atom is -0.324 e. The molecule has 4 nitrogen and oxygen atoms in total. The first-order chi connectivity index (χ1) is 13.7. The molecule has 1 amide bonds. The number of nitrogens with one attached hydrogen (secondary N) is 1. The van der Waals surface area contributed by atoms with E-state index in [1.54, 1.807) is 12.4 Å².